The number of aliphatic hydroxyl groups excluding tert-OH is 1. The van der Waals surface area contributed by atoms with Crippen LogP contribution in [0.2, 0.25) is 0 Å². The van der Waals surface area contributed by atoms with Gasteiger partial charge in [0.1, 0.15) is 5.82 Å². The van der Waals surface area contributed by atoms with E-state index in [-0.39, 0.29) is 6.61 Å². The van der Waals surface area contributed by atoms with Crippen molar-refractivity contribution < 1.29 is 5.11 Å². The summed E-state index contributed by atoms with van der Waals surface area (Å²) in [6.07, 6.45) is 4.92. The number of nitrogens with one attached hydrogen (secondary N) is 1. The molecule has 0 amide bonds. The Balaban J connectivity index is 1.55. The molecular weight excluding hydrogens is 308 g/mol. The van der Waals surface area contributed by atoms with Crippen molar-refractivity contribution in [3.05, 3.63) is 35.5 Å². The first-order valence-corrected chi connectivity index (χ1v) is 9.12. The van der Waals surface area contributed by atoms with Crippen molar-refractivity contribution in [3.8, 4) is 0 Å². The maximum Gasteiger partial charge on any atom is 0.188 e. The third-order valence-corrected chi connectivity index (χ3v) is 5.32. The molecule has 1 fully saturated rings. The van der Waals surface area contributed by atoms with Crippen LogP contribution >= 0.6 is 11.3 Å². The van der Waals surface area contributed by atoms with Crippen LogP contribution in [0.4, 0.5) is 10.9 Å². The normalized spacial score (nSPS) is 18.0. The summed E-state index contributed by atoms with van der Waals surface area (Å²) in [7, 11) is 0. The van der Waals surface area contributed by atoms with Crippen molar-refractivity contribution in [1.82, 2.24) is 14.9 Å². The second-order valence-corrected chi connectivity index (χ2v) is 6.95. The van der Waals surface area contributed by atoms with E-state index in [1.54, 1.807) is 17.5 Å². The first-order chi connectivity index (χ1) is 11.3. The van der Waals surface area contributed by atoms with E-state index in [1.165, 1.54) is 5.69 Å². The quantitative estimate of drug-likeness (QED) is 0.850. The Morgan fingerprint density at radius 2 is 2.22 bits per heavy atom. The maximum atomic E-state index is 9.07. The lowest BCUT2D eigenvalue weighted by Crippen LogP contribution is -2.39. The van der Waals surface area contributed by atoms with Gasteiger partial charge in [0.15, 0.2) is 5.13 Å². The average molecular weight is 332 g/mol. The molecule has 1 aliphatic rings. The zero-order chi connectivity index (χ0) is 16.1. The molecule has 0 spiro atoms. The van der Waals surface area contributed by atoms with Crippen LogP contribution in [0.15, 0.2) is 29.8 Å². The van der Waals surface area contributed by atoms with E-state index in [4.69, 9.17) is 10.1 Å². The Kier molecular flexibility index (Phi) is 5.59. The van der Waals surface area contributed by atoms with Gasteiger partial charge in [-0.1, -0.05) is 6.07 Å². The zero-order valence-corrected chi connectivity index (χ0v) is 14.3. The maximum absolute atomic E-state index is 9.07. The highest BCUT2D eigenvalue weighted by Gasteiger charge is 2.25. The number of nitrogens with zero attached hydrogens (tertiary/aromatic N) is 3. The minimum atomic E-state index is 0.274. The molecule has 3 heterocycles. The Hall–Kier alpha value is -1.50. The van der Waals surface area contributed by atoms with E-state index < -0.39 is 0 Å². The molecule has 0 aliphatic carbocycles. The number of piperidine rings is 1. The predicted molar refractivity (Wildman–Crippen MR) is 94.3 cm³/mol. The molecule has 0 bridgehead atoms. The van der Waals surface area contributed by atoms with Gasteiger partial charge >= 0.3 is 0 Å². The summed E-state index contributed by atoms with van der Waals surface area (Å²) in [4.78, 5) is 11.5. The van der Waals surface area contributed by atoms with Crippen molar-refractivity contribution in [3.63, 3.8) is 0 Å². The van der Waals surface area contributed by atoms with E-state index in [1.807, 2.05) is 18.2 Å². The number of aromatic nitrogens is 2. The highest BCUT2D eigenvalue weighted by atomic mass is 32.1. The van der Waals surface area contributed by atoms with E-state index in [9.17, 15) is 0 Å². The third-order valence-electron chi connectivity index (χ3n) is 4.54. The van der Waals surface area contributed by atoms with Gasteiger partial charge in [0, 0.05) is 30.1 Å². The van der Waals surface area contributed by atoms with Crippen LogP contribution in [0.25, 0.3) is 0 Å². The standard InChI is InChI=1S/C17H24N4OS/c1-13(7-11-22)21-9-5-14(6-10-21)15-12-23-17(19-15)20-16-4-2-3-8-18-16/h2-4,8,12-14,22H,5-7,9-11H2,1H3,(H,18,19,20). The summed E-state index contributed by atoms with van der Waals surface area (Å²) in [5.74, 6) is 1.38. The number of thiazole rings is 1. The van der Waals surface area contributed by atoms with Crippen LogP contribution < -0.4 is 5.32 Å². The highest BCUT2D eigenvalue weighted by molar-refractivity contribution is 7.13. The lowest BCUT2D eigenvalue weighted by molar-refractivity contribution is 0.135. The van der Waals surface area contributed by atoms with Gasteiger partial charge in [-0.15, -0.1) is 11.3 Å². The van der Waals surface area contributed by atoms with Gasteiger partial charge in [0.2, 0.25) is 0 Å². The highest BCUT2D eigenvalue weighted by Crippen LogP contribution is 2.31. The zero-order valence-electron chi connectivity index (χ0n) is 13.5. The molecule has 124 valence electrons. The van der Waals surface area contributed by atoms with Crippen LogP contribution in [0.1, 0.15) is 37.8 Å². The fraction of sp³-hybridized carbons (Fsp3) is 0.529. The second kappa shape index (κ2) is 7.86. The summed E-state index contributed by atoms with van der Waals surface area (Å²) in [5.41, 5.74) is 1.20. The van der Waals surface area contributed by atoms with Crippen LogP contribution in [0.5, 0.6) is 0 Å². The van der Waals surface area contributed by atoms with Crippen LogP contribution in [-0.4, -0.2) is 45.7 Å². The minimum absolute atomic E-state index is 0.274. The molecule has 0 aromatic carbocycles. The van der Waals surface area contributed by atoms with Crippen molar-refractivity contribution in [2.45, 2.75) is 38.1 Å². The first-order valence-electron chi connectivity index (χ1n) is 8.24. The van der Waals surface area contributed by atoms with Crippen LogP contribution in [-0.2, 0) is 0 Å². The Morgan fingerprint density at radius 1 is 1.39 bits per heavy atom. The molecule has 1 unspecified atom stereocenters. The number of rotatable bonds is 6. The molecule has 0 saturated carbocycles. The third kappa shape index (κ3) is 4.28. The van der Waals surface area contributed by atoms with Crippen LogP contribution in [0.3, 0.4) is 0 Å². The number of anilines is 2. The van der Waals surface area contributed by atoms with Gasteiger partial charge in [0.25, 0.3) is 0 Å². The molecule has 0 radical (unpaired) electrons. The van der Waals surface area contributed by atoms with E-state index in [2.05, 4.69) is 27.5 Å². The van der Waals surface area contributed by atoms with E-state index in [0.29, 0.717) is 12.0 Å². The van der Waals surface area contributed by atoms with Crippen molar-refractivity contribution in [2.75, 3.05) is 25.0 Å². The lowest BCUT2D eigenvalue weighted by atomic mass is 9.93. The summed E-state index contributed by atoms with van der Waals surface area (Å²) in [6, 6.07) is 6.29. The molecular formula is C17H24N4OS. The number of hydrogen-bond acceptors (Lipinski definition) is 6. The van der Waals surface area contributed by atoms with Gasteiger partial charge < -0.3 is 15.3 Å². The van der Waals surface area contributed by atoms with Crippen molar-refractivity contribution >= 4 is 22.3 Å². The molecule has 6 heteroatoms. The fourth-order valence-electron chi connectivity index (χ4n) is 3.08. The van der Waals surface area contributed by atoms with Gasteiger partial charge in [-0.3, -0.25) is 0 Å². The smallest absolute Gasteiger partial charge is 0.188 e. The SMILES string of the molecule is CC(CCO)N1CCC(c2csc(Nc3ccccn3)n2)CC1. The number of pyridine rings is 1. The van der Waals surface area contributed by atoms with Crippen molar-refractivity contribution in [2.24, 2.45) is 0 Å². The largest absolute Gasteiger partial charge is 0.396 e. The molecule has 1 aliphatic heterocycles. The fourth-order valence-corrected chi connectivity index (χ4v) is 3.88. The second-order valence-electron chi connectivity index (χ2n) is 6.09. The Labute approximate surface area is 141 Å². The van der Waals surface area contributed by atoms with Gasteiger partial charge in [-0.2, -0.15) is 0 Å². The van der Waals surface area contributed by atoms with Crippen molar-refractivity contribution in [1.29, 1.82) is 0 Å². The average Bonchev–Trinajstić information content (AvgIpc) is 3.05. The summed E-state index contributed by atoms with van der Waals surface area (Å²) < 4.78 is 0. The Bertz CT molecular complexity index is 596. The summed E-state index contributed by atoms with van der Waals surface area (Å²) >= 11 is 1.64. The van der Waals surface area contributed by atoms with E-state index >= 15 is 0 Å². The van der Waals surface area contributed by atoms with E-state index in [0.717, 1.165) is 43.3 Å². The molecule has 2 aromatic heterocycles. The summed E-state index contributed by atoms with van der Waals surface area (Å²) in [5, 5.41) is 15.4. The monoisotopic (exact) mass is 332 g/mol. The molecule has 5 nitrogen and oxygen atoms in total. The molecule has 3 rings (SSSR count). The molecule has 1 saturated heterocycles. The molecule has 23 heavy (non-hydrogen) atoms. The van der Waals surface area contributed by atoms with Gasteiger partial charge in [0.05, 0.1) is 5.69 Å². The predicted octanol–water partition coefficient (Wildman–Crippen LogP) is 3.23. The minimum Gasteiger partial charge on any atom is -0.396 e. The lowest BCUT2D eigenvalue weighted by Gasteiger charge is -2.35. The number of likely N-dealkylation sites (tertiary alicyclic amines) is 1. The molecule has 1 atom stereocenters. The Morgan fingerprint density at radius 3 is 2.91 bits per heavy atom. The first kappa shape index (κ1) is 16.4. The summed E-state index contributed by atoms with van der Waals surface area (Å²) in [6.45, 7) is 4.66. The van der Waals surface area contributed by atoms with Gasteiger partial charge in [-0.05, 0) is 51.4 Å². The number of hydrogen-bond donors (Lipinski definition) is 2. The van der Waals surface area contributed by atoms with Gasteiger partial charge in [-0.25, -0.2) is 9.97 Å². The topological polar surface area (TPSA) is 61.3 Å². The van der Waals surface area contributed by atoms with Crippen LogP contribution in [0, 0.1) is 0 Å². The molecule has 2 N–H and O–H groups in total. The number of aliphatic hydroxyl groups is 1. The molecule has 2 aromatic rings.